The molecule has 1 heterocycles. The van der Waals surface area contributed by atoms with Gasteiger partial charge >= 0.3 is 0 Å². The van der Waals surface area contributed by atoms with Crippen LogP contribution in [0.4, 0.5) is 5.69 Å². The van der Waals surface area contributed by atoms with E-state index in [0.29, 0.717) is 5.02 Å². The van der Waals surface area contributed by atoms with E-state index >= 15 is 0 Å². The third-order valence-electron chi connectivity index (χ3n) is 2.41. The van der Waals surface area contributed by atoms with Gasteiger partial charge in [-0.3, -0.25) is 4.98 Å². The largest absolute Gasteiger partial charge is 0.383 e. The Hall–Kier alpha value is -1.02. The minimum absolute atomic E-state index is 0.680. The van der Waals surface area contributed by atoms with Gasteiger partial charge < -0.3 is 5.32 Å². The van der Waals surface area contributed by atoms with Gasteiger partial charge in [0.1, 0.15) is 0 Å². The van der Waals surface area contributed by atoms with Crippen LogP contribution in [-0.2, 0) is 0 Å². The lowest BCUT2D eigenvalue weighted by Crippen LogP contribution is -2.11. The summed E-state index contributed by atoms with van der Waals surface area (Å²) in [5.41, 5.74) is 1.00. The predicted molar refractivity (Wildman–Crippen MR) is 59.6 cm³/mol. The van der Waals surface area contributed by atoms with Crippen LogP contribution in [0.1, 0.15) is 12.8 Å². The van der Waals surface area contributed by atoms with Gasteiger partial charge in [0.2, 0.25) is 0 Å². The Bertz CT molecular complexity index is 328. The molecule has 0 bridgehead atoms. The van der Waals surface area contributed by atoms with Gasteiger partial charge in [-0.1, -0.05) is 23.8 Å². The summed E-state index contributed by atoms with van der Waals surface area (Å²) >= 11 is 5.83. The summed E-state index contributed by atoms with van der Waals surface area (Å²) in [4.78, 5) is 4.02. The van der Waals surface area contributed by atoms with Gasteiger partial charge in [0.15, 0.2) is 0 Å². The van der Waals surface area contributed by atoms with Crippen LogP contribution in [0.5, 0.6) is 0 Å². The molecule has 0 radical (unpaired) electrons. The van der Waals surface area contributed by atoms with E-state index < -0.39 is 0 Å². The van der Waals surface area contributed by atoms with Crippen molar-refractivity contribution in [3.63, 3.8) is 0 Å². The van der Waals surface area contributed by atoms with Crippen molar-refractivity contribution in [1.82, 2.24) is 4.98 Å². The maximum Gasteiger partial charge on any atom is 0.0609 e. The van der Waals surface area contributed by atoms with E-state index in [0.717, 1.165) is 18.2 Å². The molecule has 0 aromatic carbocycles. The van der Waals surface area contributed by atoms with Crippen molar-refractivity contribution in [2.24, 2.45) is 5.92 Å². The van der Waals surface area contributed by atoms with Crippen LogP contribution in [0.2, 0.25) is 5.02 Å². The minimum Gasteiger partial charge on any atom is -0.383 e. The first kappa shape index (κ1) is 9.53. The van der Waals surface area contributed by atoms with E-state index in [4.69, 9.17) is 11.6 Å². The van der Waals surface area contributed by atoms with Crippen LogP contribution in [0.3, 0.4) is 0 Å². The number of halogens is 1. The standard InChI is InChI=1S/C11H13ClN2/c12-10-5-11(8-13-7-10)14-6-9-3-1-2-4-9/h1-2,5,7-9,14H,3-4,6H2. The van der Waals surface area contributed by atoms with Crippen LogP contribution >= 0.6 is 11.6 Å². The average molecular weight is 209 g/mol. The van der Waals surface area contributed by atoms with Gasteiger partial charge in [0.25, 0.3) is 0 Å². The molecule has 0 saturated carbocycles. The van der Waals surface area contributed by atoms with E-state index in [1.54, 1.807) is 12.4 Å². The van der Waals surface area contributed by atoms with Crippen molar-refractivity contribution < 1.29 is 0 Å². The number of nitrogens with zero attached hydrogens (tertiary/aromatic N) is 1. The Balaban J connectivity index is 1.85. The molecule has 74 valence electrons. The zero-order chi connectivity index (χ0) is 9.80. The quantitative estimate of drug-likeness (QED) is 0.773. The predicted octanol–water partition coefficient (Wildman–Crippen LogP) is 3.11. The smallest absolute Gasteiger partial charge is 0.0609 e. The van der Waals surface area contributed by atoms with Crippen LogP contribution in [0, 0.1) is 5.92 Å². The highest BCUT2D eigenvalue weighted by Gasteiger charge is 2.09. The lowest BCUT2D eigenvalue weighted by molar-refractivity contribution is 0.602. The summed E-state index contributed by atoms with van der Waals surface area (Å²) < 4.78 is 0. The van der Waals surface area contributed by atoms with Crippen LogP contribution < -0.4 is 5.32 Å². The van der Waals surface area contributed by atoms with Crippen molar-refractivity contribution in [3.05, 3.63) is 35.6 Å². The average Bonchev–Trinajstić information content (AvgIpc) is 2.67. The Morgan fingerprint density at radius 1 is 1.36 bits per heavy atom. The maximum atomic E-state index is 5.83. The normalized spacial score (nSPS) is 16.1. The molecule has 1 aliphatic carbocycles. The summed E-state index contributed by atoms with van der Waals surface area (Å²) in [7, 11) is 0. The maximum absolute atomic E-state index is 5.83. The van der Waals surface area contributed by atoms with Crippen LogP contribution in [0.15, 0.2) is 30.6 Å². The Kier molecular flexibility index (Phi) is 3.04. The van der Waals surface area contributed by atoms with Crippen molar-refractivity contribution in [2.75, 3.05) is 11.9 Å². The minimum atomic E-state index is 0.680. The van der Waals surface area contributed by atoms with Gasteiger partial charge in [-0.2, -0.15) is 0 Å². The molecule has 2 nitrogen and oxygen atoms in total. The fraction of sp³-hybridized carbons (Fsp3) is 0.364. The Morgan fingerprint density at radius 3 is 2.86 bits per heavy atom. The molecule has 1 aromatic heterocycles. The van der Waals surface area contributed by atoms with Gasteiger partial charge in [-0.05, 0) is 24.8 Å². The van der Waals surface area contributed by atoms with Crippen molar-refractivity contribution in [1.29, 1.82) is 0 Å². The fourth-order valence-electron chi connectivity index (χ4n) is 1.61. The summed E-state index contributed by atoms with van der Waals surface area (Å²) in [6.45, 7) is 0.995. The number of aromatic nitrogens is 1. The van der Waals surface area contributed by atoms with E-state index in [1.165, 1.54) is 12.8 Å². The van der Waals surface area contributed by atoms with Crippen LogP contribution in [0.25, 0.3) is 0 Å². The highest BCUT2D eigenvalue weighted by atomic mass is 35.5. The Labute approximate surface area is 89.0 Å². The fourth-order valence-corrected chi connectivity index (χ4v) is 1.78. The van der Waals surface area contributed by atoms with Crippen molar-refractivity contribution in [2.45, 2.75) is 12.8 Å². The summed E-state index contributed by atoms with van der Waals surface area (Å²) in [5, 5.41) is 4.02. The molecule has 3 heteroatoms. The number of pyridine rings is 1. The van der Waals surface area contributed by atoms with Gasteiger partial charge in [0.05, 0.1) is 16.9 Å². The first-order chi connectivity index (χ1) is 6.84. The third kappa shape index (κ3) is 2.48. The molecule has 1 aromatic rings. The molecule has 0 fully saturated rings. The molecular weight excluding hydrogens is 196 g/mol. The molecule has 0 spiro atoms. The Morgan fingerprint density at radius 2 is 2.14 bits per heavy atom. The molecule has 1 aliphatic rings. The van der Waals surface area contributed by atoms with Gasteiger partial charge in [-0.25, -0.2) is 0 Å². The van der Waals surface area contributed by atoms with E-state index in [1.807, 2.05) is 6.07 Å². The van der Waals surface area contributed by atoms with E-state index in [9.17, 15) is 0 Å². The summed E-state index contributed by atoms with van der Waals surface area (Å²) in [6, 6.07) is 1.90. The summed E-state index contributed by atoms with van der Waals surface area (Å²) in [6.07, 6.45) is 10.3. The number of hydrogen-bond acceptors (Lipinski definition) is 2. The molecule has 0 amide bonds. The highest BCUT2D eigenvalue weighted by molar-refractivity contribution is 6.30. The van der Waals surface area contributed by atoms with Crippen molar-refractivity contribution >= 4 is 17.3 Å². The molecule has 0 saturated heterocycles. The molecular formula is C11H13ClN2. The van der Waals surface area contributed by atoms with E-state index in [-0.39, 0.29) is 0 Å². The first-order valence-corrected chi connectivity index (χ1v) is 5.22. The zero-order valence-electron chi connectivity index (χ0n) is 7.91. The second-order valence-corrected chi connectivity index (χ2v) is 4.02. The monoisotopic (exact) mass is 208 g/mol. The third-order valence-corrected chi connectivity index (χ3v) is 2.61. The lowest BCUT2D eigenvalue weighted by Gasteiger charge is -2.11. The molecule has 14 heavy (non-hydrogen) atoms. The number of allylic oxidation sites excluding steroid dienone is 2. The highest BCUT2D eigenvalue weighted by Crippen LogP contribution is 2.19. The second-order valence-electron chi connectivity index (χ2n) is 3.58. The molecule has 0 aliphatic heterocycles. The van der Waals surface area contributed by atoms with Crippen LogP contribution in [-0.4, -0.2) is 11.5 Å². The first-order valence-electron chi connectivity index (χ1n) is 4.84. The van der Waals surface area contributed by atoms with Gasteiger partial charge in [0, 0.05) is 12.7 Å². The number of hydrogen-bond donors (Lipinski definition) is 1. The number of anilines is 1. The van der Waals surface area contributed by atoms with Gasteiger partial charge in [-0.15, -0.1) is 0 Å². The molecule has 0 unspecified atom stereocenters. The molecule has 0 atom stereocenters. The molecule has 1 N–H and O–H groups in total. The second kappa shape index (κ2) is 4.47. The van der Waals surface area contributed by atoms with E-state index in [2.05, 4.69) is 22.5 Å². The number of rotatable bonds is 3. The SMILES string of the molecule is Clc1cncc(NCC2CC=CC2)c1. The lowest BCUT2D eigenvalue weighted by atomic mass is 10.1. The van der Waals surface area contributed by atoms with Crippen molar-refractivity contribution in [3.8, 4) is 0 Å². The molecule has 2 rings (SSSR count). The number of nitrogens with one attached hydrogen (secondary N) is 1. The zero-order valence-corrected chi connectivity index (χ0v) is 8.67. The summed E-state index contributed by atoms with van der Waals surface area (Å²) in [5.74, 6) is 0.731. The topological polar surface area (TPSA) is 24.9 Å².